The van der Waals surface area contributed by atoms with E-state index in [1.54, 1.807) is 0 Å². The smallest absolute Gasteiger partial charge is 0.471 e. The lowest BCUT2D eigenvalue weighted by atomic mass is 9.97. The van der Waals surface area contributed by atoms with Crippen LogP contribution in [0.5, 0.6) is 5.75 Å². The molecule has 0 aromatic heterocycles. The summed E-state index contributed by atoms with van der Waals surface area (Å²) >= 11 is 5.78. The zero-order valence-corrected chi connectivity index (χ0v) is 13.3. The molecule has 9 heteroatoms. The Bertz CT molecular complexity index is 637. The van der Waals surface area contributed by atoms with Crippen molar-refractivity contribution < 1.29 is 27.9 Å². The van der Waals surface area contributed by atoms with Gasteiger partial charge in [0.2, 0.25) is 0 Å². The fraction of sp³-hybridized carbons (Fsp3) is 0.467. The zero-order chi connectivity index (χ0) is 17.9. The molecule has 2 amide bonds. The number of alkyl halides is 3. The van der Waals surface area contributed by atoms with Crippen molar-refractivity contribution in [2.24, 2.45) is 5.92 Å². The Morgan fingerprint density at radius 3 is 2.75 bits per heavy atom. The number of amides is 2. The Balaban J connectivity index is 1.99. The molecule has 2 rings (SSSR count). The van der Waals surface area contributed by atoms with Gasteiger partial charge in [-0.3, -0.25) is 9.59 Å². The number of phenols is 1. The number of halogens is 4. The average molecular weight is 365 g/mol. The lowest BCUT2D eigenvalue weighted by molar-refractivity contribution is -0.173. The molecule has 1 aromatic rings. The minimum Gasteiger partial charge on any atom is -0.506 e. The van der Waals surface area contributed by atoms with Gasteiger partial charge in [0.1, 0.15) is 5.75 Å². The molecule has 1 aliphatic rings. The number of likely N-dealkylation sites (tertiary alicyclic amines) is 1. The maximum absolute atomic E-state index is 12.5. The van der Waals surface area contributed by atoms with E-state index in [9.17, 15) is 27.9 Å². The first-order chi connectivity index (χ1) is 11.2. The second kappa shape index (κ2) is 7.29. The van der Waals surface area contributed by atoms with Crippen LogP contribution in [-0.4, -0.2) is 47.6 Å². The second-order valence-corrected chi connectivity index (χ2v) is 6.01. The van der Waals surface area contributed by atoms with Crippen molar-refractivity contribution in [3.05, 3.63) is 28.8 Å². The molecule has 1 atom stereocenters. The number of hydrogen-bond acceptors (Lipinski definition) is 3. The van der Waals surface area contributed by atoms with Crippen LogP contribution in [0, 0.1) is 5.92 Å². The predicted molar refractivity (Wildman–Crippen MR) is 80.8 cm³/mol. The van der Waals surface area contributed by atoms with E-state index in [1.165, 1.54) is 23.1 Å². The molecule has 1 unspecified atom stereocenters. The van der Waals surface area contributed by atoms with Gasteiger partial charge in [-0.2, -0.15) is 13.2 Å². The second-order valence-electron chi connectivity index (χ2n) is 5.60. The van der Waals surface area contributed by atoms with E-state index in [-0.39, 0.29) is 35.3 Å². The first-order valence-corrected chi connectivity index (χ1v) is 7.69. The van der Waals surface area contributed by atoms with Crippen LogP contribution in [-0.2, 0) is 4.79 Å². The summed E-state index contributed by atoms with van der Waals surface area (Å²) in [6.07, 6.45) is -3.72. The van der Waals surface area contributed by atoms with E-state index in [0.717, 1.165) is 0 Å². The Morgan fingerprint density at radius 2 is 2.08 bits per heavy atom. The number of carbonyl (C=O) groups is 2. The highest BCUT2D eigenvalue weighted by molar-refractivity contribution is 6.32. The molecule has 0 bridgehead atoms. The highest BCUT2D eigenvalue weighted by atomic mass is 35.5. The van der Waals surface area contributed by atoms with E-state index in [1.807, 2.05) is 5.32 Å². The Morgan fingerprint density at radius 1 is 1.38 bits per heavy atom. The summed E-state index contributed by atoms with van der Waals surface area (Å²) in [6.45, 7) is 0.459. The van der Waals surface area contributed by atoms with Crippen LogP contribution in [0.2, 0.25) is 5.02 Å². The average Bonchev–Trinajstić information content (AvgIpc) is 2.54. The molecule has 2 N–H and O–H groups in total. The molecule has 1 fully saturated rings. The fourth-order valence-corrected chi connectivity index (χ4v) is 2.79. The van der Waals surface area contributed by atoms with Crippen molar-refractivity contribution in [3.63, 3.8) is 0 Å². The van der Waals surface area contributed by atoms with Crippen molar-refractivity contribution in [2.75, 3.05) is 19.6 Å². The number of phenolic OH excluding ortho intramolecular Hbond substituents is 1. The predicted octanol–water partition coefficient (Wildman–Crippen LogP) is 2.58. The van der Waals surface area contributed by atoms with Gasteiger partial charge in [0, 0.05) is 19.6 Å². The maximum Gasteiger partial charge on any atom is 0.471 e. The zero-order valence-electron chi connectivity index (χ0n) is 12.6. The molecular weight excluding hydrogens is 349 g/mol. The summed E-state index contributed by atoms with van der Waals surface area (Å²) in [7, 11) is 0. The first kappa shape index (κ1) is 18.4. The van der Waals surface area contributed by atoms with Crippen molar-refractivity contribution in [3.8, 4) is 5.75 Å². The SMILES string of the molecule is O=C(c1cccc(Cl)c1O)N1CCCC(CNC(=O)C(F)(F)F)C1. The summed E-state index contributed by atoms with van der Waals surface area (Å²) in [4.78, 5) is 24.8. The van der Waals surface area contributed by atoms with Crippen molar-refractivity contribution in [1.82, 2.24) is 10.2 Å². The molecule has 0 aliphatic carbocycles. The molecule has 132 valence electrons. The van der Waals surface area contributed by atoms with E-state index in [0.29, 0.717) is 19.4 Å². The normalized spacial score (nSPS) is 18.3. The van der Waals surface area contributed by atoms with Gasteiger partial charge in [-0.15, -0.1) is 0 Å². The molecule has 1 aromatic carbocycles. The summed E-state index contributed by atoms with van der Waals surface area (Å²) < 4.78 is 36.6. The van der Waals surface area contributed by atoms with Gasteiger partial charge in [0.05, 0.1) is 10.6 Å². The number of nitrogens with zero attached hydrogens (tertiary/aromatic N) is 1. The monoisotopic (exact) mass is 364 g/mol. The lowest BCUT2D eigenvalue weighted by Crippen LogP contribution is -2.45. The molecule has 5 nitrogen and oxygen atoms in total. The molecule has 1 heterocycles. The van der Waals surface area contributed by atoms with Crippen LogP contribution in [0.15, 0.2) is 18.2 Å². The number of nitrogens with one attached hydrogen (secondary N) is 1. The van der Waals surface area contributed by atoms with Crippen LogP contribution in [0.25, 0.3) is 0 Å². The van der Waals surface area contributed by atoms with Gasteiger partial charge in [-0.05, 0) is 30.9 Å². The number of carbonyl (C=O) groups excluding carboxylic acids is 2. The van der Waals surface area contributed by atoms with E-state index >= 15 is 0 Å². The van der Waals surface area contributed by atoms with Crippen molar-refractivity contribution >= 4 is 23.4 Å². The quantitative estimate of drug-likeness (QED) is 0.866. The van der Waals surface area contributed by atoms with Crippen LogP contribution in [0.3, 0.4) is 0 Å². The molecule has 0 radical (unpaired) electrons. The van der Waals surface area contributed by atoms with Gasteiger partial charge in [0.25, 0.3) is 5.91 Å². The number of aromatic hydroxyl groups is 1. The Kier molecular flexibility index (Phi) is 5.58. The van der Waals surface area contributed by atoms with E-state index < -0.39 is 18.0 Å². The largest absolute Gasteiger partial charge is 0.506 e. The number of rotatable bonds is 3. The van der Waals surface area contributed by atoms with Crippen LogP contribution >= 0.6 is 11.6 Å². The fourth-order valence-electron chi connectivity index (χ4n) is 2.61. The molecule has 1 saturated heterocycles. The Labute approximate surface area is 141 Å². The molecule has 24 heavy (non-hydrogen) atoms. The highest BCUT2D eigenvalue weighted by Gasteiger charge is 2.39. The van der Waals surface area contributed by atoms with Gasteiger partial charge in [-0.25, -0.2) is 0 Å². The van der Waals surface area contributed by atoms with E-state index in [2.05, 4.69) is 0 Å². The van der Waals surface area contributed by atoms with Crippen LogP contribution in [0.1, 0.15) is 23.2 Å². The number of benzene rings is 1. The molecule has 0 saturated carbocycles. The highest BCUT2D eigenvalue weighted by Crippen LogP contribution is 2.29. The molecule has 0 spiro atoms. The molecule has 1 aliphatic heterocycles. The van der Waals surface area contributed by atoms with Gasteiger partial charge < -0.3 is 15.3 Å². The van der Waals surface area contributed by atoms with Gasteiger partial charge >= 0.3 is 12.1 Å². The third-order valence-electron chi connectivity index (χ3n) is 3.83. The maximum atomic E-state index is 12.5. The summed E-state index contributed by atoms with van der Waals surface area (Å²) in [5.74, 6) is -3.03. The minimum absolute atomic E-state index is 0.0440. The third-order valence-corrected chi connectivity index (χ3v) is 4.14. The molecular formula is C15H16ClF3N2O3. The van der Waals surface area contributed by atoms with Gasteiger partial charge in [0.15, 0.2) is 0 Å². The third kappa shape index (κ3) is 4.31. The number of para-hydroxylation sites is 1. The Hall–Kier alpha value is -1.96. The topological polar surface area (TPSA) is 69.6 Å². The summed E-state index contributed by atoms with van der Waals surface area (Å²) in [5, 5.41) is 11.8. The van der Waals surface area contributed by atoms with Gasteiger partial charge in [-0.1, -0.05) is 17.7 Å². The van der Waals surface area contributed by atoms with Crippen molar-refractivity contribution in [1.29, 1.82) is 0 Å². The summed E-state index contributed by atoms with van der Waals surface area (Å²) in [5.41, 5.74) is 0.0440. The van der Waals surface area contributed by atoms with Crippen LogP contribution in [0.4, 0.5) is 13.2 Å². The lowest BCUT2D eigenvalue weighted by Gasteiger charge is -2.33. The van der Waals surface area contributed by atoms with Crippen LogP contribution < -0.4 is 5.32 Å². The minimum atomic E-state index is -4.92. The number of hydrogen-bond donors (Lipinski definition) is 2. The summed E-state index contributed by atoms with van der Waals surface area (Å²) in [6, 6.07) is 4.40. The first-order valence-electron chi connectivity index (χ1n) is 7.32. The van der Waals surface area contributed by atoms with Crippen molar-refractivity contribution in [2.45, 2.75) is 19.0 Å². The van der Waals surface area contributed by atoms with E-state index in [4.69, 9.17) is 11.6 Å². The number of piperidine rings is 1. The standard InChI is InChI=1S/C15H16ClF3N2O3/c16-11-5-1-4-10(12(11)22)13(23)21-6-2-3-9(8-21)7-20-14(24)15(17,18)19/h1,4-5,9,22H,2-3,6-8H2,(H,20,24).